The van der Waals surface area contributed by atoms with Crippen LogP contribution in [0.25, 0.3) is 0 Å². The fourth-order valence-corrected chi connectivity index (χ4v) is 2.63. The minimum Gasteiger partial charge on any atom is -0.355 e. The van der Waals surface area contributed by atoms with Crippen molar-refractivity contribution in [3.05, 3.63) is 35.4 Å². The van der Waals surface area contributed by atoms with E-state index >= 15 is 0 Å². The summed E-state index contributed by atoms with van der Waals surface area (Å²) in [4.78, 5) is 11.7. The molecule has 0 bridgehead atoms. The van der Waals surface area contributed by atoms with Crippen molar-refractivity contribution in [2.75, 3.05) is 13.1 Å². The molecule has 0 saturated carbocycles. The molecule has 1 aliphatic heterocycles. The molecule has 3 heteroatoms. The Labute approximate surface area is 122 Å². The summed E-state index contributed by atoms with van der Waals surface area (Å²) in [7, 11) is 0. The van der Waals surface area contributed by atoms with E-state index in [2.05, 4.69) is 41.8 Å². The van der Waals surface area contributed by atoms with Crippen LogP contribution >= 0.6 is 0 Å². The lowest BCUT2D eigenvalue weighted by Gasteiger charge is -2.11. The summed E-state index contributed by atoms with van der Waals surface area (Å²) in [5.41, 5.74) is 2.67. The van der Waals surface area contributed by atoms with Crippen molar-refractivity contribution in [3.8, 4) is 0 Å². The molecule has 110 valence electrons. The zero-order valence-corrected chi connectivity index (χ0v) is 12.5. The Kier molecular flexibility index (Phi) is 6.06. The highest BCUT2D eigenvalue weighted by atomic mass is 16.1. The van der Waals surface area contributed by atoms with Gasteiger partial charge in [-0.1, -0.05) is 29.8 Å². The maximum absolute atomic E-state index is 11.7. The summed E-state index contributed by atoms with van der Waals surface area (Å²) in [6.45, 7) is 3.99. The maximum atomic E-state index is 11.7. The van der Waals surface area contributed by atoms with E-state index in [1.54, 1.807) is 0 Å². The number of aryl methyl sites for hydroxylation is 2. The third-order valence-electron chi connectivity index (χ3n) is 3.95. The van der Waals surface area contributed by atoms with Crippen LogP contribution in [0, 0.1) is 6.92 Å². The topological polar surface area (TPSA) is 41.1 Å². The standard InChI is InChI=1S/C17H26N2O/c1-14-8-10-15(11-9-14)5-2-3-7-17(20)19-13-16-6-4-12-18-16/h8-11,16,18H,2-7,12-13H2,1H3,(H,19,20). The molecule has 1 unspecified atom stereocenters. The van der Waals surface area contributed by atoms with Gasteiger partial charge in [0.2, 0.25) is 5.91 Å². The third-order valence-corrected chi connectivity index (χ3v) is 3.95. The minimum atomic E-state index is 0.197. The molecule has 0 spiro atoms. The van der Waals surface area contributed by atoms with E-state index < -0.39 is 0 Å². The molecule has 20 heavy (non-hydrogen) atoms. The predicted octanol–water partition coefficient (Wildman–Crippen LogP) is 2.58. The fourth-order valence-electron chi connectivity index (χ4n) is 2.63. The SMILES string of the molecule is Cc1ccc(CCCCC(=O)NCC2CCCN2)cc1. The number of unbranched alkanes of at least 4 members (excludes halogenated alkanes) is 1. The Morgan fingerprint density at radius 2 is 2.10 bits per heavy atom. The second kappa shape index (κ2) is 8.05. The summed E-state index contributed by atoms with van der Waals surface area (Å²) in [5, 5.41) is 6.42. The number of carbonyl (C=O) groups is 1. The van der Waals surface area contributed by atoms with Gasteiger partial charge in [-0.3, -0.25) is 4.79 Å². The molecule has 0 aromatic heterocycles. The number of benzene rings is 1. The van der Waals surface area contributed by atoms with Crippen molar-refractivity contribution in [2.24, 2.45) is 0 Å². The minimum absolute atomic E-state index is 0.197. The first-order valence-electron chi connectivity index (χ1n) is 7.79. The zero-order valence-electron chi connectivity index (χ0n) is 12.5. The molecule has 1 heterocycles. The van der Waals surface area contributed by atoms with E-state index in [1.807, 2.05) is 0 Å². The zero-order chi connectivity index (χ0) is 14.2. The van der Waals surface area contributed by atoms with Gasteiger partial charge in [0, 0.05) is 19.0 Å². The quantitative estimate of drug-likeness (QED) is 0.750. The van der Waals surface area contributed by atoms with Crippen LogP contribution in [0.1, 0.15) is 43.2 Å². The largest absolute Gasteiger partial charge is 0.355 e. The molecule has 1 aliphatic rings. The molecule has 2 N–H and O–H groups in total. The Balaban J connectivity index is 1.53. The number of hydrogen-bond acceptors (Lipinski definition) is 2. The summed E-state index contributed by atoms with van der Waals surface area (Å²) >= 11 is 0. The Morgan fingerprint density at radius 3 is 2.80 bits per heavy atom. The van der Waals surface area contributed by atoms with E-state index in [1.165, 1.54) is 24.0 Å². The highest BCUT2D eigenvalue weighted by Gasteiger charge is 2.14. The average molecular weight is 274 g/mol. The molecule has 2 rings (SSSR count). The van der Waals surface area contributed by atoms with Gasteiger partial charge in [-0.25, -0.2) is 0 Å². The predicted molar refractivity (Wildman–Crippen MR) is 82.8 cm³/mol. The first kappa shape index (κ1) is 15.0. The van der Waals surface area contributed by atoms with Crippen LogP contribution in [-0.4, -0.2) is 25.0 Å². The average Bonchev–Trinajstić information content (AvgIpc) is 2.96. The highest BCUT2D eigenvalue weighted by Crippen LogP contribution is 2.08. The number of carbonyl (C=O) groups excluding carboxylic acids is 1. The highest BCUT2D eigenvalue weighted by molar-refractivity contribution is 5.75. The van der Waals surface area contributed by atoms with Crippen molar-refractivity contribution in [1.29, 1.82) is 0 Å². The van der Waals surface area contributed by atoms with Crippen molar-refractivity contribution < 1.29 is 4.79 Å². The number of nitrogens with one attached hydrogen (secondary N) is 2. The molecule has 1 atom stereocenters. The van der Waals surface area contributed by atoms with E-state index in [-0.39, 0.29) is 5.91 Å². The van der Waals surface area contributed by atoms with Crippen LogP contribution in [0.4, 0.5) is 0 Å². The van der Waals surface area contributed by atoms with Gasteiger partial charge in [-0.05, 0) is 51.1 Å². The lowest BCUT2D eigenvalue weighted by atomic mass is 10.1. The summed E-state index contributed by atoms with van der Waals surface area (Å²) in [6.07, 6.45) is 6.19. The second-order valence-electron chi connectivity index (χ2n) is 5.79. The van der Waals surface area contributed by atoms with Crippen LogP contribution in [0.3, 0.4) is 0 Å². The lowest BCUT2D eigenvalue weighted by molar-refractivity contribution is -0.121. The molecule has 0 aliphatic carbocycles. The van der Waals surface area contributed by atoms with Gasteiger partial charge >= 0.3 is 0 Å². The van der Waals surface area contributed by atoms with E-state index in [4.69, 9.17) is 0 Å². The second-order valence-corrected chi connectivity index (χ2v) is 5.79. The van der Waals surface area contributed by atoms with Crippen molar-refractivity contribution in [1.82, 2.24) is 10.6 Å². The van der Waals surface area contributed by atoms with Gasteiger partial charge in [-0.2, -0.15) is 0 Å². The Hall–Kier alpha value is -1.35. The van der Waals surface area contributed by atoms with Gasteiger partial charge < -0.3 is 10.6 Å². The van der Waals surface area contributed by atoms with Crippen LogP contribution in [-0.2, 0) is 11.2 Å². The molecule has 0 radical (unpaired) electrons. The maximum Gasteiger partial charge on any atom is 0.220 e. The lowest BCUT2D eigenvalue weighted by Crippen LogP contribution is -2.37. The third kappa shape index (κ3) is 5.33. The van der Waals surface area contributed by atoms with Crippen LogP contribution in [0.15, 0.2) is 24.3 Å². The van der Waals surface area contributed by atoms with E-state index in [0.717, 1.165) is 32.4 Å². The van der Waals surface area contributed by atoms with Gasteiger partial charge in [-0.15, -0.1) is 0 Å². The monoisotopic (exact) mass is 274 g/mol. The first-order valence-corrected chi connectivity index (χ1v) is 7.79. The van der Waals surface area contributed by atoms with Gasteiger partial charge in [0.25, 0.3) is 0 Å². The number of rotatable bonds is 7. The summed E-state index contributed by atoms with van der Waals surface area (Å²) in [5.74, 6) is 0.197. The van der Waals surface area contributed by atoms with Crippen LogP contribution < -0.4 is 10.6 Å². The van der Waals surface area contributed by atoms with Gasteiger partial charge in [0.15, 0.2) is 0 Å². The summed E-state index contributed by atoms with van der Waals surface area (Å²) in [6, 6.07) is 9.15. The number of amides is 1. The van der Waals surface area contributed by atoms with Crippen LogP contribution in [0.5, 0.6) is 0 Å². The molecule has 1 amide bonds. The fraction of sp³-hybridized carbons (Fsp3) is 0.588. The van der Waals surface area contributed by atoms with E-state index in [0.29, 0.717) is 12.5 Å². The van der Waals surface area contributed by atoms with Gasteiger partial charge in [0.05, 0.1) is 0 Å². The molecule has 1 aromatic rings. The Morgan fingerprint density at radius 1 is 1.30 bits per heavy atom. The normalized spacial score (nSPS) is 18.1. The molecule has 1 saturated heterocycles. The molecule has 1 fully saturated rings. The van der Waals surface area contributed by atoms with E-state index in [9.17, 15) is 4.79 Å². The molecular formula is C17H26N2O. The number of hydrogen-bond donors (Lipinski definition) is 2. The van der Waals surface area contributed by atoms with Crippen molar-refractivity contribution in [3.63, 3.8) is 0 Å². The first-order chi connectivity index (χ1) is 9.74. The smallest absolute Gasteiger partial charge is 0.220 e. The Bertz CT molecular complexity index is 408. The molecule has 3 nitrogen and oxygen atoms in total. The summed E-state index contributed by atoms with van der Waals surface area (Å²) < 4.78 is 0. The van der Waals surface area contributed by atoms with Crippen LogP contribution in [0.2, 0.25) is 0 Å². The molecule has 1 aromatic carbocycles. The van der Waals surface area contributed by atoms with Gasteiger partial charge in [0.1, 0.15) is 0 Å². The molecular weight excluding hydrogens is 248 g/mol. The van der Waals surface area contributed by atoms with Crippen molar-refractivity contribution >= 4 is 5.91 Å². The van der Waals surface area contributed by atoms with Crippen molar-refractivity contribution in [2.45, 2.75) is 51.5 Å².